The predicted octanol–water partition coefficient (Wildman–Crippen LogP) is 8.70. The molecule has 7 heteroatoms. The summed E-state index contributed by atoms with van der Waals surface area (Å²) >= 11 is 0. The van der Waals surface area contributed by atoms with Crippen molar-refractivity contribution >= 4 is 25.0 Å². The van der Waals surface area contributed by atoms with Crippen LogP contribution in [0.15, 0.2) is 0 Å². The molecular formula is C27H63NO3Si3. The summed E-state index contributed by atoms with van der Waals surface area (Å²) in [7, 11) is -5.11. The van der Waals surface area contributed by atoms with Crippen LogP contribution in [0.4, 0.5) is 0 Å². The zero-order chi connectivity index (χ0) is 26.3. The Kier molecular flexibility index (Phi) is 18.1. The molecule has 0 saturated carbocycles. The van der Waals surface area contributed by atoms with Crippen molar-refractivity contribution in [1.29, 1.82) is 0 Å². The monoisotopic (exact) mass is 533 g/mol. The molecule has 0 radical (unpaired) electrons. The van der Waals surface area contributed by atoms with Crippen LogP contribution < -0.4 is 5.73 Å². The Bertz CT molecular complexity index is 487. The van der Waals surface area contributed by atoms with E-state index in [0.29, 0.717) is 6.61 Å². The summed E-state index contributed by atoms with van der Waals surface area (Å²) in [5, 5.41) is 0. The molecule has 0 fully saturated rings. The van der Waals surface area contributed by atoms with Crippen molar-refractivity contribution < 1.29 is 13.3 Å². The first kappa shape index (κ1) is 34.5. The van der Waals surface area contributed by atoms with Crippen molar-refractivity contribution in [2.45, 2.75) is 168 Å². The van der Waals surface area contributed by atoms with Crippen LogP contribution in [0.5, 0.6) is 0 Å². The van der Waals surface area contributed by atoms with Gasteiger partial charge >= 0.3 is 0 Å². The lowest BCUT2D eigenvalue weighted by Crippen LogP contribution is -2.55. The molecule has 0 aromatic heterocycles. The summed E-state index contributed by atoms with van der Waals surface area (Å²) in [4.78, 5) is 0. The van der Waals surface area contributed by atoms with Gasteiger partial charge in [-0.15, -0.1) is 0 Å². The molecule has 0 bridgehead atoms. The van der Waals surface area contributed by atoms with Crippen LogP contribution in [0.3, 0.4) is 0 Å². The topological polar surface area (TPSA) is 53.7 Å². The minimum absolute atomic E-state index is 0.0711. The summed E-state index contributed by atoms with van der Waals surface area (Å²) in [6.45, 7) is 23.1. The van der Waals surface area contributed by atoms with Crippen LogP contribution in [0.2, 0.25) is 58.9 Å². The van der Waals surface area contributed by atoms with Gasteiger partial charge in [0, 0.05) is 0 Å². The molecule has 0 rings (SSSR count). The van der Waals surface area contributed by atoms with Gasteiger partial charge in [-0.3, -0.25) is 0 Å². The molecule has 2 N–H and O–H groups in total. The van der Waals surface area contributed by atoms with Crippen molar-refractivity contribution in [2.75, 3.05) is 6.61 Å². The molecule has 0 aliphatic rings. The lowest BCUT2D eigenvalue weighted by atomic mass is 10.00. The Hall–Kier alpha value is 0.491. The van der Waals surface area contributed by atoms with E-state index in [-0.39, 0.29) is 18.2 Å². The van der Waals surface area contributed by atoms with E-state index in [1.165, 1.54) is 77.0 Å². The average molecular weight is 534 g/mol. The number of nitrogens with two attached hydrogens (primary N) is 1. The Morgan fingerprint density at radius 3 is 1.35 bits per heavy atom. The third-order valence-corrected chi connectivity index (χ3v) is 8.86. The summed E-state index contributed by atoms with van der Waals surface area (Å²) < 4.78 is 19.6. The zero-order valence-corrected chi connectivity index (χ0v) is 27.9. The highest BCUT2D eigenvalue weighted by atomic mass is 28.4. The molecule has 0 amide bonds. The fourth-order valence-corrected chi connectivity index (χ4v) is 7.21. The first-order valence-corrected chi connectivity index (χ1v) is 24.6. The molecule has 0 spiro atoms. The van der Waals surface area contributed by atoms with E-state index in [0.717, 1.165) is 6.42 Å². The van der Waals surface area contributed by atoms with Gasteiger partial charge < -0.3 is 19.0 Å². The predicted molar refractivity (Wildman–Crippen MR) is 159 cm³/mol. The molecule has 3 unspecified atom stereocenters. The zero-order valence-electron chi connectivity index (χ0n) is 24.9. The molecule has 0 heterocycles. The lowest BCUT2D eigenvalue weighted by molar-refractivity contribution is 0.0109. The van der Waals surface area contributed by atoms with E-state index in [4.69, 9.17) is 19.0 Å². The first-order valence-electron chi connectivity index (χ1n) is 14.4. The molecule has 0 aromatic carbocycles. The number of unbranched alkanes of at least 4 members (excludes halogenated alkanes) is 11. The lowest BCUT2D eigenvalue weighted by Gasteiger charge is -2.39. The third kappa shape index (κ3) is 21.7. The van der Waals surface area contributed by atoms with Crippen LogP contribution in [0.1, 0.15) is 90.4 Å². The maximum atomic E-state index is 6.72. The standard InChI is InChI=1S/C27H63NO3Si3/c1-11-12-13-14-15-16-17-18-19-20-21-22-23-26(30-33(5,6)7)27(31-34(8,9)10)25(28)24-29-32(2,3)4/h25-27H,11-24,28H2,1-10H3. The van der Waals surface area contributed by atoms with Gasteiger partial charge in [-0.05, 0) is 65.3 Å². The highest BCUT2D eigenvalue weighted by molar-refractivity contribution is 6.70. The van der Waals surface area contributed by atoms with Crippen molar-refractivity contribution in [3.63, 3.8) is 0 Å². The normalized spacial score (nSPS) is 16.0. The van der Waals surface area contributed by atoms with Gasteiger partial charge in [0.05, 0.1) is 24.9 Å². The van der Waals surface area contributed by atoms with E-state index in [9.17, 15) is 0 Å². The highest BCUT2D eigenvalue weighted by Gasteiger charge is 2.36. The SMILES string of the molecule is CCCCCCCCCCCCCCC(O[Si](C)(C)C)C(O[Si](C)(C)C)C(N)CO[Si](C)(C)C. The molecule has 0 aromatic rings. The van der Waals surface area contributed by atoms with E-state index < -0.39 is 25.0 Å². The third-order valence-electron chi connectivity index (χ3n) is 5.83. The van der Waals surface area contributed by atoms with Gasteiger partial charge in [0.25, 0.3) is 0 Å². The summed E-state index contributed by atoms with van der Waals surface area (Å²) in [6.07, 6.45) is 17.4. The van der Waals surface area contributed by atoms with Gasteiger partial charge in [0.15, 0.2) is 25.0 Å². The van der Waals surface area contributed by atoms with Gasteiger partial charge in [0.1, 0.15) is 0 Å². The fraction of sp³-hybridized carbons (Fsp3) is 1.00. The van der Waals surface area contributed by atoms with Crippen LogP contribution in [-0.4, -0.2) is 49.8 Å². The maximum absolute atomic E-state index is 6.72. The van der Waals surface area contributed by atoms with Gasteiger partial charge in [-0.2, -0.15) is 0 Å². The quantitative estimate of drug-likeness (QED) is 0.112. The van der Waals surface area contributed by atoms with E-state index in [1.54, 1.807) is 0 Å². The Labute approximate surface area is 217 Å². The highest BCUT2D eigenvalue weighted by Crippen LogP contribution is 2.24. The van der Waals surface area contributed by atoms with Gasteiger partial charge in [0.2, 0.25) is 0 Å². The maximum Gasteiger partial charge on any atom is 0.184 e. The van der Waals surface area contributed by atoms with Gasteiger partial charge in [-0.25, -0.2) is 0 Å². The van der Waals surface area contributed by atoms with E-state index in [2.05, 4.69) is 65.8 Å². The smallest absolute Gasteiger partial charge is 0.184 e. The first-order chi connectivity index (χ1) is 15.6. The Balaban J connectivity index is 4.67. The molecule has 0 aliphatic heterocycles. The second-order valence-corrected chi connectivity index (χ2v) is 26.7. The van der Waals surface area contributed by atoms with Crippen LogP contribution in [0.25, 0.3) is 0 Å². The summed E-state index contributed by atoms with van der Waals surface area (Å²) in [5.74, 6) is 0. The van der Waals surface area contributed by atoms with Crippen LogP contribution >= 0.6 is 0 Å². The average Bonchev–Trinajstić information content (AvgIpc) is 2.68. The fourth-order valence-electron chi connectivity index (χ4n) is 4.22. The van der Waals surface area contributed by atoms with Gasteiger partial charge in [-0.1, -0.05) is 84.0 Å². The van der Waals surface area contributed by atoms with Crippen molar-refractivity contribution in [3.05, 3.63) is 0 Å². The van der Waals surface area contributed by atoms with Crippen molar-refractivity contribution in [3.8, 4) is 0 Å². The Morgan fingerprint density at radius 2 is 0.971 bits per heavy atom. The molecule has 0 aliphatic carbocycles. The van der Waals surface area contributed by atoms with Crippen LogP contribution in [-0.2, 0) is 13.3 Å². The van der Waals surface area contributed by atoms with Crippen molar-refractivity contribution in [1.82, 2.24) is 0 Å². The second-order valence-electron chi connectivity index (χ2n) is 13.2. The summed E-state index contributed by atoms with van der Waals surface area (Å²) in [6, 6.07) is -0.142. The minimum Gasteiger partial charge on any atom is -0.416 e. The molecule has 206 valence electrons. The minimum atomic E-state index is -1.77. The summed E-state index contributed by atoms with van der Waals surface area (Å²) in [5.41, 5.74) is 6.72. The molecule has 3 atom stereocenters. The number of rotatable bonds is 22. The molecular weight excluding hydrogens is 471 g/mol. The Morgan fingerprint density at radius 1 is 0.559 bits per heavy atom. The molecule has 34 heavy (non-hydrogen) atoms. The number of hydrogen-bond donors (Lipinski definition) is 1. The largest absolute Gasteiger partial charge is 0.416 e. The van der Waals surface area contributed by atoms with Crippen molar-refractivity contribution in [2.24, 2.45) is 5.73 Å². The van der Waals surface area contributed by atoms with E-state index in [1.807, 2.05) is 0 Å². The molecule has 0 saturated heterocycles. The number of hydrogen-bond acceptors (Lipinski definition) is 4. The van der Waals surface area contributed by atoms with Crippen LogP contribution in [0, 0.1) is 0 Å². The molecule has 4 nitrogen and oxygen atoms in total. The van der Waals surface area contributed by atoms with E-state index >= 15 is 0 Å². The second kappa shape index (κ2) is 17.9.